The number of nitrogens with zero attached hydrogens (tertiary/aromatic N) is 3. The van der Waals surface area contributed by atoms with Gasteiger partial charge >= 0.3 is 0 Å². The SMILES string of the molecule is COc1ccc(OC2CCN(C(C)=O)CC2)c(C(=O)NCCn2cccn2)c1. The molecule has 2 aromatic rings. The minimum absolute atomic E-state index is 0.0281. The van der Waals surface area contributed by atoms with Gasteiger partial charge in [-0.05, 0) is 24.3 Å². The molecule has 1 saturated heterocycles. The summed E-state index contributed by atoms with van der Waals surface area (Å²) in [4.78, 5) is 26.0. The summed E-state index contributed by atoms with van der Waals surface area (Å²) < 4.78 is 13.1. The van der Waals surface area contributed by atoms with Crippen LogP contribution in [0, 0.1) is 0 Å². The summed E-state index contributed by atoms with van der Waals surface area (Å²) in [6, 6.07) is 7.07. The quantitative estimate of drug-likeness (QED) is 0.783. The average molecular weight is 386 g/mol. The van der Waals surface area contributed by atoms with Gasteiger partial charge in [0.15, 0.2) is 0 Å². The number of ether oxygens (including phenoxy) is 2. The lowest BCUT2D eigenvalue weighted by atomic mass is 10.1. The molecule has 8 nitrogen and oxygen atoms in total. The van der Waals surface area contributed by atoms with Crippen LogP contribution in [0.4, 0.5) is 0 Å². The molecule has 1 aromatic heterocycles. The molecule has 28 heavy (non-hydrogen) atoms. The van der Waals surface area contributed by atoms with Gasteiger partial charge in [0, 0.05) is 51.8 Å². The van der Waals surface area contributed by atoms with Crippen molar-refractivity contribution in [2.75, 3.05) is 26.7 Å². The third kappa shape index (κ3) is 5.03. The molecule has 2 heterocycles. The molecule has 1 N–H and O–H groups in total. The minimum atomic E-state index is -0.220. The Morgan fingerprint density at radius 2 is 2.07 bits per heavy atom. The first-order chi connectivity index (χ1) is 13.6. The van der Waals surface area contributed by atoms with Crippen LogP contribution in [0.1, 0.15) is 30.1 Å². The number of rotatable bonds is 7. The summed E-state index contributed by atoms with van der Waals surface area (Å²) in [5, 5.41) is 7.02. The molecule has 0 radical (unpaired) electrons. The fourth-order valence-electron chi connectivity index (χ4n) is 3.20. The van der Waals surface area contributed by atoms with Crippen molar-refractivity contribution in [3.8, 4) is 11.5 Å². The zero-order valence-electron chi connectivity index (χ0n) is 16.3. The lowest BCUT2D eigenvalue weighted by molar-refractivity contribution is -0.130. The highest BCUT2D eigenvalue weighted by Gasteiger charge is 2.24. The zero-order valence-corrected chi connectivity index (χ0v) is 16.3. The van der Waals surface area contributed by atoms with Gasteiger partial charge in [-0.1, -0.05) is 0 Å². The van der Waals surface area contributed by atoms with Crippen molar-refractivity contribution < 1.29 is 19.1 Å². The van der Waals surface area contributed by atoms with E-state index in [4.69, 9.17) is 9.47 Å². The Labute approximate surface area is 164 Å². The van der Waals surface area contributed by atoms with Crippen LogP contribution in [0.3, 0.4) is 0 Å². The number of carbonyl (C=O) groups is 2. The standard InChI is InChI=1S/C20H26N4O4/c1-15(25)23-11-6-16(7-12-23)28-19-5-4-17(27-2)14-18(19)20(26)21-9-13-24-10-3-8-22-24/h3-5,8,10,14,16H,6-7,9,11-13H2,1-2H3,(H,21,26). The van der Waals surface area contributed by atoms with Crippen LogP contribution in [0.5, 0.6) is 11.5 Å². The number of piperidine rings is 1. The van der Waals surface area contributed by atoms with Crippen LogP contribution in [0.25, 0.3) is 0 Å². The molecule has 1 aliphatic heterocycles. The van der Waals surface area contributed by atoms with E-state index in [0.717, 1.165) is 12.8 Å². The number of aromatic nitrogens is 2. The molecular weight excluding hydrogens is 360 g/mol. The van der Waals surface area contributed by atoms with Crippen molar-refractivity contribution in [3.05, 3.63) is 42.2 Å². The average Bonchev–Trinajstić information content (AvgIpc) is 3.22. The number of amides is 2. The van der Waals surface area contributed by atoms with E-state index in [1.54, 1.807) is 43.1 Å². The van der Waals surface area contributed by atoms with Crippen LogP contribution in [-0.2, 0) is 11.3 Å². The molecule has 150 valence electrons. The molecule has 2 amide bonds. The second-order valence-corrected chi connectivity index (χ2v) is 6.71. The topological polar surface area (TPSA) is 85.7 Å². The smallest absolute Gasteiger partial charge is 0.255 e. The van der Waals surface area contributed by atoms with E-state index in [1.165, 1.54) is 0 Å². The Bertz CT molecular complexity index is 799. The second kappa shape index (κ2) is 9.25. The fraction of sp³-hybridized carbons (Fsp3) is 0.450. The van der Waals surface area contributed by atoms with Crippen LogP contribution in [0.15, 0.2) is 36.7 Å². The summed E-state index contributed by atoms with van der Waals surface area (Å²) in [7, 11) is 1.56. The maximum absolute atomic E-state index is 12.7. The van der Waals surface area contributed by atoms with Gasteiger partial charge in [-0.3, -0.25) is 14.3 Å². The van der Waals surface area contributed by atoms with Crippen LogP contribution < -0.4 is 14.8 Å². The second-order valence-electron chi connectivity index (χ2n) is 6.71. The molecule has 0 unspecified atom stereocenters. The highest BCUT2D eigenvalue weighted by molar-refractivity contribution is 5.97. The molecule has 0 spiro atoms. The molecule has 0 saturated carbocycles. The molecule has 1 fully saturated rings. The highest BCUT2D eigenvalue weighted by atomic mass is 16.5. The van der Waals surface area contributed by atoms with E-state index in [1.807, 2.05) is 17.2 Å². The molecular formula is C20H26N4O4. The van der Waals surface area contributed by atoms with Gasteiger partial charge in [0.25, 0.3) is 5.91 Å². The summed E-state index contributed by atoms with van der Waals surface area (Å²) in [6.45, 7) is 3.95. The van der Waals surface area contributed by atoms with E-state index in [0.29, 0.717) is 43.2 Å². The largest absolute Gasteiger partial charge is 0.497 e. The van der Waals surface area contributed by atoms with Crippen molar-refractivity contribution in [1.82, 2.24) is 20.0 Å². The normalized spacial score (nSPS) is 14.6. The Kier molecular flexibility index (Phi) is 6.52. The number of nitrogens with one attached hydrogen (secondary N) is 1. The first kappa shape index (κ1) is 19.7. The predicted molar refractivity (Wildman–Crippen MR) is 103 cm³/mol. The van der Waals surface area contributed by atoms with Gasteiger partial charge < -0.3 is 19.7 Å². The molecule has 1 aromatic carbocycles. The van der Waals surface area contributed by atoms with Crippen molar-refractivity contribution in [1.29, 1.82) is 0 Å². The van der Waals surface area contributed by atoms with Crippen LogP contribution in [-0.4, -0.2) is 59.3 Å². The van der Waals surface area contributed by atoms with Crippen LogP contribution >= 0.6 is 0 Å². The lowest BCUT2D eigenvalue weighted by Gasteiger charge is -2.31. The number of benzene rings is 1. The number of methoxy groups -OCH3 is 1. The maximum Gasteiger partial charge on any atom is 0.255 e. The molecule has 0 atom stereocenters. The van der Waals surface area contributed by atoms with Gasteiger partial charge in [0.2, 0.25) is 5.91 Å². The number of hydrogen-bond acceptors (Lipinski definition) is 5. The van der Waals surface area contributed by atoms with Crippen LogP contribution in [0.2, 0.25) is 0 Å². The highest BCUT2D eigenvalue weighted by Crippen LogP contribution is 2.27. The van der Waals surface area contributed by atoms with E-state index in [2.05, 4.69) is 10.4 Å². The third-order valence-electron chi connectivity index (χ3n) is 4.80. The van der Waals surface area contributed by atoms with Gasteiger partial charge in [-0.25, -0.2) is 0 Å². The molecule has 8 heteroatoms. The third-order valence-corrected chi connectivity index (χ3v) is 4.80. The molecule has 3 rings (SSSR count). The maximum atomic E-state index is 12.7. The monoisotopic (exact) mass is 386 g/mol. The van der Waals surface area contributed by atoms with Crippen molar-refractivity contribution in [3.63, 3.8) is 0 Å². The number of likely N-dealkylation sites (tertiary alicyclic amines) is 1. The first-order valence-electron chi connectivity index (χ1n) is 9.42. The summed E-state index contributed by atoms with van der Waals surface area (Å²) >= 11 is 0. The Morgan fingerprint density at radius 3 is 2.71 bits per heavy atom. The zero-order chi connectivity index (χ0) is 19.9. The van der Waals surface area contributed by atoms with Gasteiger partial charge in [-0.15, -0.1) is 0 Å². The Hall–Kier alpha value is -3.03. The summed E-state index contributed by atoms with van der Waals surface area (Å²) in [5.41, 5.74) is 0.439. The minimum Gasteiger partial charge on any atom is -0.497 e. The first-order valence-corrected chi connectivity index (χ1v) is 9.42. The Balaban J connectivity index is 1.64. The Morgan fingerprint density at radius 1 is 1.29 bits per heavy atom. The van der Waals surface area contributed by atoms with E-state index < -0.39 is 0 Å². The van der Waals surface area contributed by atoms with Crippen molar-refractivity contribution in [2.24, 2.45) is 0 Å². The molecule has 1 aliphatic rings. The van der Waals surface area contributed by atoms with Crippen molar-refractivity contribution in [2.45, 2.75) is 32.4 Å². The molecule has 0 bridgehead atoms. The van der Waals surface area contributed by atoms with Crippen molar-refractivity contribution >= 4 is 11.8 Å². The lowest BCUT2D eigenvalue weighted by Crippen LogP contribution is -2.40. The molecule has 0 aliphatic carbocycles. The number of carbonyl (C=O) groups excluding carboxylic acids is 2. The summed E-state index contributed by atoms with van der Waals surface area (Å²) in [6.07, 6.45) is 5.00. The van der Waals surface area contributed by atoms with Gasteiger partial charge in [0.05, 0.1) is 19.2 Å². The van der Waals surface area contributed by atoms with Gasteiger partial charge in [0.1, 0.15) is 17.6 Å². The summed E-state index contributed by atoms with van der Waals surface area (Å²) in [5.74, 6) is 0.983. The van der Waals surface area contributed by atoms with E-state index in [9.17, 15) is 9.59 Å². The van der Waals surface area contributed by atoms with E-state index in [-0.39, 0.29) is 17.9 Å². The van der Waals surface area contributed by atoms with E-state index >= 15 is 0 Å². The van der Waals surface area contributed by atoms with Gasteiger partial charge in [-0.2, -0.15) is 5.10 Å². The number of hydrogen-bond donors (Lipinski definition) is 1. The fourth-order valence-corrected chi connectivity index (χ4v) is 3.20. The predicted octanol–water partition coefficient (Wildman–Crippen LogP) is 1.71.